The molecule has 0 bridgehead atoms. The highest BCUT2D eigenvalue weighted by atomic mass is 32.2. The molecule has 0 saturated heterocycles. The quantitative estimate of drug-likeness (QED) is 0.413. The number of thioether (sulfide) groups is 1. The highest BCUT2D eigenvalue weighted by Gasteiger charge is 2.04. The highest BCUT2D eigenvalue weighted by molar-refractivity contribution is 7.99. The molecule has 0 saturated carbocycles. The molecule has 29 heavy (non-hydrogen) atoms. The van der Waals surface area contributed by atoms with Crippen molar-refractivity contribution in [1.82, 2.24) is 0 Å². The molecule has 0 aliphatic heterocycles. The Morgan fingerprint density at radius 3 is 2.14 bits per heavy atom. The fraction of sp³-hybridized carbons (Fsp3) is 0.269. The van der Waals surface area contributed by atoms with Crippen molar-refractivity contribution in [2.45, 2.75) is 43.9 Å². The average molecular weight is 405 g/mol. The third kappa shape index (κ3) is 7.10. The molecule has 0 amide bonds. The van der Waals surface area contributed by atoms with E-state index in [1.165, 1.54) is 27.1 Å². The van der Waals surface area contributed by atoms with Crippen LogP contribution in [0.15, 0.2) is 77.7 Å². The average Bonchev–Trinajstić information content (AvgIpc) is 2.73. The molecule has 0 fully saturated rings. The van der Waals surface area contributed by atoms with Gasteiger partial charge in [-0.05, 0) is 72.6 Å². The van der Waals surface area contributed by atoms with E-state index >= 15 is 0 Å². The standard InChI is InChI=1S/C26H28O2S/c1-20-19-23(9-12-24(20)13-16-26(27)28)8-7-22-10-14-25(15-11-22)29-18-17-21-5-3-2-4-6-21/h2-6,9-12,14-15,19H,7-8,13,16-18H2,1H3,(H,27,28). The van der Waals surface area contributed by atoms with Crippen LogP contribution in [0.25, 0.3) is 0 Å². The SMILES string of the molecule is Cc1cc(CCc2ccc(SCCc3ccccc3)cc2)ccc1CCC(=O)O. The lowest BCUT2D eigenvalue weighted by molar-refractivity contribution is -0.136. The van der Waals surface area contributed by atoms with E-state index in [0.717, 1.165) is 30.6 Å². The minimum absolute atomic E-state index is 0.190. The Labute approximate surface area is 178 Å². The molecule has 2 nitrogen and oxygen atoms in total. The monoisotopic (exact) mass is 404 g/mol. The first-order valence-corrected chi connectivity index (χ1v) is 11.1. The van der Waals surface area contributed by atoms with Crippen LogP contribution < -0.4 is 0 Å². The van der Waals surface area contributed by atoms with E-state index in [1.807, 2.05) is 11.8 Å². The molecule has 3 heteroatoms. The zero-order valence-electron chi connectivity index (χ0n) is 16.9. The van der Waals surface area contributed by atoms with Crippen LogP contribution in [0.3, 0.4) is 0 Å². The lowest BCUT2D eigenvalue weighted by Crippen LogP contribution is -2.00. The first kappa shape index (κ1) is 21.2. The molecule has 0 spiro atoms. The molecular formula is C26H28O2S. The van der Waals surface area contributed by atoms with Crippen LogP contribution in [0, 0.1) is 6.92 Å². The van der Waals surface area contributed by atoms with E-state index in [9.17, 15) is 4.79 Å². The largest absolute Gasteiger partial charge is 0.481 e. The van der Waals surface area contributed by atoms with Crippen molar-refractivity contribution in [3.05, 3.63) is 101 Å². The van der Waals surface area contributed by atoms with Crippen LogP contribution in [-0.2, 0) is 30.5 Å². The van der Waals surface area contributed by atoms with Crippen molar-refractivity contribution in [3.8, 4) is 0 Å². The Bertz CT molecular complexity index is 917. The number of hydrogen-bond donors (Lipinski definition) is 1. The van der Waals surface area contributed by atoms with E-state index in [4.69, 9.17) is 5.11 Å². The first-order valence-electron chi connectivity index (χ1n) is 10.2. The molecule has 0 aromatic heterocycles. The molecule has 3 aromatic rings. The van der Waals surface area contributed by atoms with Gasteiger partial charge >= 0.3 is 5.97 Å². The van der Waals surface area contributed by atoms with E-state index in [1.54, 1.807) is 0 Å². The Morgan fingerprint density at radius 2 is 1.45 bits per heavy atom. The van der Waals surface area contributed by atoms with Gasteiger partial charge in [0.15, 0.2) is 0 Å². The van der Waals surface area contributed by atoms with Crippen LogP contribution in [0.1, 0.15) is 34.2 Å². The zero-order valence-corrected chi connectivity index (χ0v) is 17.8. The Kier molecular flexibility index (Phi) is 7.94. The van der Waals surface area contributed by atoms with Gasteiger partial charge in [-0.15, -0.1) is 11.8 Å². The maximum Gasteiger partial charge on any atom is 0.303 e. The van der Waals surface area contributed by atoms with Crippen molar-refractivity contribution < 1.29 is 9.90 Å². The van der Waals surface area contributed by atoms with E-state index in [0.29, 0.717) is 6.42 Å². The number of rotatable bonds is 10. The summed E-state index contributed by atoms with van der Waals surface area (Å²) >= 11 is 1.91. The van der Waals surface area contributed by atoms with Gasteiger partial charge in [0, 0.05) is 17.1 Å². The van der Waals surface area contributed by atoms with Gasteiger partial charge in [-0.25, -0.2) is 0 Å². The number of hydrogen-bond acceptors (Lipinski definition) is 2. The van der Waals surface area contributed by atoms with Gasteiger partial charge in [0.05, 0.1) is 0 Å². The van der Waals surface area contributed by atoms with Crippen molar-refractivity contribution >= 4 is 17.7 Å². The second kappa shape index (κ2) is 10.9. The smallest absolute Gasteiger partial charge is 0.303 e. The maximum atomic E-state index is 10.8. The van der Waals surface area contributed by atoms with Gasteiger partial charge in [0.25, 0.3) is 0 Å². The van der Waals surface area contributed by atoms with Gasteiger partial charge in [-0.1, -0.05) is 60.7 Å². The molecule has 0 heterocycles. The Morgan fingerprint density at radius 1 is 0.793 bits per heavy atom. The second-order valence-electron chi connectivity index (χ2n) is 7.38. The predicted octanol–water partition coefficient (Wildman–Crippen LogP) is 6.13. The summed E-state index contributed by atoms with van der Waals surface area (Å²) < 4.78 is 0. The number of carboxylic acids is 1. The molecule has 1 N–H and O–H groups in total. The fourth-order valence-electron chi connectivity index (χ4n) is 3.41. The van der Waals surface area contributed by atoms with Crippen LogP contribution >= 0.6 is 11.8 Å². The van der Waals surface area contributed by atoms with Crippen LogP contribution in [-0.4, -0.2) is 16.8 Å². The van der Waals surface area contributed by atoms with Crippen LogP contribution in [0.4, 0.5) is 0 Å². The van der Waals surface area contributed by atoms with E-state index in [2.05, 4.69) is 79.7 Å². The third-order valence-corrected chi connectivity index (χ3v) is 6.16. The van der Waals surface area contributed by atoms with E-state index < -0.39 is 5.97 Å². The summed E-state index contributed by atoms with van der Waals surface area (Å²) in [6.45, 7) is 2.07. The normalized spacial score (nSPS) is 10.8. The summed E-state index contributed by atoms with van der Waals surface area (Å²) in [7, 11) is 0. The summed E-state index contributed by atoms with van der Waals surface area (Å²) in [5.41, 5.74) is 6.37. The Hall–Kier alpha value is -2.52. The number of aliphatic carboxylic acids is 1. The van der Waals surface area contributed by atoms with Gasteiger partial charge < -0.3 is 5.11 Å². The van der Waals surface area contributed by atoms with Crippen molar-refractivity contribution in [1.29, 1.82) is 0 Å². The molecule has 3 rings (SSSR count). The molecular weight excluding hydrogens is 376 g/mol. The topological polar surface area (TPSA) is 37.3 Å². The summed E-state index contributed by atoms with van der Waals surface area (Å²) in [6.07, 6.45) is 3.90. The number of carboxylic acid groups (broad SMARTS) is 1. The molecule has 0 radical (unpaired) electrons. The van der Waals surface area contributed by atoms with Crippen molar-refractivity contribution in [3.63, 3.8) is 0 Å². The lowest BCUT2D eigenvalue weighted by atomic mass is 9.98. The summed E-state index contributed by atoms with van der Waals surface area (Å²) in [5, 5.41) is 8.85. The second-order valence-corrected chi connectivity index (χ2v) is 8.55. The molecule has 0 aliphatic carbocycles. The molecule has 0 unspecified atom stereocenters. The van der Waals surface area contributed by atoms with Crippen LogP contribution in [0.2, 0.25) is 0 Å². The summed E-state index contributed by atoms with van der Waals surface area (Å²) in [4.78, 5) is 12.1. The maximum absolute atomic E-state index is 10.8. The number of benzene rings is 3. The van der Waals surface area contributed by atoms with Crippen molar-refractivity contribution in [2.75, 3.05) is 5.75 Å². The highest BCUT2D eigenvalue weighted by Crippen LogP contribution is 2.21. The minimum Gasteiger partial charge on any atom is -0.481 e. The van der Waals surface area contributed by atoms with E-state index in [-0.39, 0.29) is 6.42 Å². The Balaban J connectivity index is 1.46. The van der Waals surface area contributed by atoms with Crippen LogP contribution in [0.5, 0.6) is 0 Å². The summed E-state index contributed by atoms with van der Waals surface area (Å²) in [6, 6.07) is 26.0. The summed E-state index contributed by atoms with van der Waals surface area (Å²) in [5.74, 6) is 0.354. The van der Waals surface area contributed by atoms with Crippen molar-refractivity contribution in [2.24, 2.45) is 0 Å². The third-order valence-electron chi connectivity index (χ3n) is 5.14. The van der Waals surface area contributed by atoms with Gasteiger partial charge in [-0.2, -0.15) is 0 Å². The fourth-order valence-corrected chi connectivity index (χ4v) is 4.31. The molecule has 150 valence electrons. The molecule has 3 aromatic carbocycles. The first-order chi connectivity index (χ1) is 14.1. The minimum atomic E-state index is -0.741. The van der Waals surface area contributed by atoms with Gasteiger partial charge in [0.1, 0.15) is 0 Å². The van der Waals surface area contributed by atoms with Gasteiger partial charge in [-0.3, -0.25) is 4.79 Å². The predicted molar refractivity (Wildman–Crippen MR) is 122 cm³/mol. The zero-order chi connectivity index (χ0) is 20.5. The molecule has 0 aliphatic rings. The number of aryl methyl sites for hydroxylation is 5. The van der Waals surface area contributed by atoms with Gasteiger partial charge in [0.2, 0.25) is 0 Å². The molecule has 0 atom stereocenters. The lowest BCUT2D eigenvalue weighted by Gasteiger charge is -2.09. The number of carbonyl (C=O) groups is 1.